The predicted molar refractivity (Wildman–Crippen MR) is 58.6 cm³/mol. The number of aromatic hydroxyl groups is 1. The lowest BCUT2D eigenvalue weighted by atomic mass is 9.92. The Hall–Kier alpha value is -1.52. The van der Waals surface area contributed by atoms with Crippen LogP contribution in [0.1, 0.15) is 12.5 Å². The molecule has 1 aromatic heterocycles. The van der Waals surface area contributed by atoms with Gasteiger partial charge in [-0.2, -0.15) is 0 Å². The van der Waals surface area contributed by atoms with Crippen molar-refractivity contribution in [1.29, 1.82) is 0 Å². The first kappa shape index (κ1) is 10.0. The molecule has 0 spiro atoms. The van der Waals surface area contributed by atoms with Crippen LogP contribution in [0.2, 0.25) is 0 Å². The number of fused-ring (bicyclic) bond motifs is 1. The minimum atomic E-state index is -0.921. The summed E-state index contributed by atoms with van der Waals surface area (Å²) in [7, 11) is 0. The predicted octanol–water partition coefficient (Wildman–Crippen LogP) is 1.04. The van der Waals surface area contributed by atoms with E-state index in [4.69, 9.17) is 10.8 Å². The number of hydrogen-bond acceptors (Lipinski definition) is 3. The highest BCUT2D eigenvalue weighted by atomic mass is 16.3. The lowest BCUT2D eigenvalue weighted by molar-refractivity contribution is 0.207. The van der Waals surface area contributed by atoms with E-state index in [0.717, 1.165) is 10.9 Å². The molecule has 0 saturated heterocycles. The van der Waals surface area contributed by atoms with E-state index in [-0.39, 0.29) is 12.4 Å². The van der Waals surface area contributed by atoms with Crippen molar-refractivity contribution in [3.05, 3.63) is 30.0 Å². The minimum Gasteiger partial charge on any atom is -0.507 e. The number of nitrogens with one attached hydrogen (secondary N) is 1. The molecule has 0 aliphatic heterocycles. The van der Waals surface area contributed by atoms with E-state index in [1.54, 1.807) is 25.3 Å². The summed E-state index contributed by atoms with van der Waals surface area (Å²) in [6, 6.07) is 5.34. The van der Waals surface area contributed by atoms with Gasteiger partial charge < -0.3 is 20.9 Å². The van der Waals surface area contributed by atoms with Crippen LogP contribution in [0.5, 0.6) is 5.75 Å². The van der Waals surface area contributed by atoms with Crippen molar-refractivity contribution in [2.45, 2.75) is 12.5 Å². The second-order valence-electron chi connectivity index (χ2n) is 3.98. The lowest BCUT2D eigenvalue weighted by Gasteiger charge is -2.23. The summed E-state index contributed by atoms with van der Waals surface area (Å²) in [5, 5.41) is 19.9. The normalized spacial score (nSPS) is 15.4. The molecular formula is C11H14N2O2. The van der Waals surface area contributed by atoms with Crippen LogP contribution in [-0.2, 0) is 5.54 Å². The molecule has 0 aliphatic rings. The molecule has 1 heterocycles. The maximum Gasteiger partial charge on any atom is 0.130 e. The Bertz CT molecular complexity index is 488. The highest BCUT2D eigenvalue weighted by Crippen LogP contribution is 2.33. The molecule has 4 nitrogen and oxygen atoms in total. The number of hydrogen-bond donors (Lipinski definition) is 4. The molecule has 0 amide bonds. The van der Waals surface area contributed by atoms with Crippen molar-refractivity contribution in [1.82, 2.24) is 4.98 Å². The standard InChI is InChI=1S/C11H14N2O2/c1-11(12,6-14)8-2-3-9-7(10(8)15)4-5-13-9/h2-5,13-15H,6,12H2,1H3/t11-/m0/s1. The van der Waals surface area contributed by atoms with Gasteiger partial charge in [-0.3, -0.25) is 0 Å². The van der Waals surface area contributed by atoms with Crippen LogP contribution in [-0.4, -0.2) is 21.8 Å². The molecule has 0 saturated carbocycles. The number of aromatic amines is 1. The van der Waals surface area contributed by atoms with Gasteiger partial charge >= 0.3 is 0 Å². The fourth-order valence-electron chi connectivity index (χ4n) is 1.66. The highest BCUT2D eigenvalue weighted by molar-refractivity contribution is 5.87. The van der Waals surface area contributed by atoms with Gasteiger partial charge in [-0.25, -0.2) is 0 Å². The number of benzene rings is 1. The Morgan fingerprint density at radius 1 is 1.40 bits per heavy atom. The molecule has 5 N–H and O–H groups in total. The minimum absolute atomic E-state index is 0.132. The number of phenolic OH excluding ortho intramolecular Hbond substituents is 1. The van der Waals surface area contributed by atoms with Gasteiger partial charge in [-0.1, -0.05) is 6.07 Å². The SMILES string of the molecule is C[C@](N)(CO)c1ccc2[nH]ccc2c1O. The van der Waals surface area contributed by atoms with Gasteiger partial charge in [0.1, 0.15) is 5.75 Å². The van der Waals surface area contributed by atoms with Gasteiger partial charge in [0, 0.05) is 22.7 Å². The van der Waals surface area contributed by atoms with E-state index in [1.807, 2.05) is 6.07 Å². The number of nitrogens with two attached hydrogens (primary N) is 1. The molecule has 2 aromatic rings. The van der Waals surface area contributed by atoms with Crippen molar-refractivity contribution >= 4 is 10.9 Å². The molecule has 0 fully saturated rings. The Morgan fingerprint density at radius 3 is 2.80 bits per heavy atom. The first-order valence-electron chi connectivity index (χ1n) is 4.75. The van der Waals surface area contributed by atoms with Crippen molar-refractivity contribution in [2.24, 2.45) is 5.73 Å². The highest BCUT2D eigenvalue weighted by Gasteiger charge is 2.24. The Labute approximate surface area is 87.3 Å². The summed E-state index contributed by atoms with van der Waals surface area (Å²) in [5.74, 6) is 0.132. The Balaban J connectivity index is 2.67. The van der Waals surface area contributed by atoms with Gasteiger partial charge in [-0.05, 0) is 19.1 Å². The molecule has 80 valence electrons. The molecule has 1 atom stereocenters. The second-order valence-corrected chi connectivity index (χ2v) is 3.98. The third-order valence-corrected chi connectivity index (χ3v) is 2.65. The molecule has 0 aliphatic carbocycles. The first-order valence-corrected chi connectivity index (χ1v) is 4.75. The van der Waals surface area contributed by atoms with Crippen molar-refractivity contribution in [2.75, 3.05) is 6.61 Å². The third-order valence-electron chi connectivity index (χ3n) is 2.65. The van der Waals surface area contributed by atoms with Gasteiger partial charge in [0.05, 0.1) is 12.1 Å². The fourth-order valence-corrected chi connectivity index (χ4v) is 1.66. The van der Waals surface area contributed by atoms with Crippen molar-refractivity contribution in [3.8, 4) is 5.75 Å². The molecule has 1 aromatic carbocycles. The van der Waals surface area contributed by atoms with Crippen LogP contribution >= 0.6 is 0 Å². The van der Waals surface area contributed by atoms with E-state index in [1.165, 1.54) is 0 Å². The van der Waals surface area contributed by atoms with Gasteiger partial charge in [0.25, 0.3) is 0 Å². The Morgan fingerprint density at radius 2 is 2.13 bits per heavy atom. The molecule has 2 rings (SSSR count). The van der Waals surface area contributed by atoms with E-state index >= 15 is 0 Å². The maximum atomic E-state index is 9.99. The number of rotatable bonds is 2. The monoisotopic (exact) mass is 206 g/mol. The summed E-state index contributed by atoms with van der Waals surface area (Å²) >= 11 is 0. The summed E-state index contributed by atoms with van der Waals surface area (Å²) in [6.45, 7) is 1.47. The van der Waals surface area contributed by atoms with Crippen molar-refractivity contribution < 1.29 is 10.2 Å². The number of H-pyrrole nitrogens is 1. The van der Waals surface area contributed by atoms with Crippen molar-refractivity contribution in [3.63, 3.8) is 0 Å². The lowest BCUT2D eigenvalue weighted by Crippen LogP contribution is -2.36. The van der Waals surface area contributed by atoms with Crippen LogP contribution in [0.25, 0.3) is 10.9 Å². The summed E-state index contributed by atoms with van der Waals surface area (Å²) in [5.41, 5.74) is 6.36. The molecule has 0 unspecified atom stereocenters. The zero-order valence-electron chi connectivity index (χ0n) is 8.49. The molecule has 15 heavy (non-hydrogen) atoms. The number of aliphatic hydroxyl groups excluding tert-OH is 1. The topological polar surface area (TPSA) is 82.3 Å². The number of phenols is 1. The zero-order chi connectivity index (χ0) is 11.1. The largest absolute Gasteiger partial charge is 0.507 e. The van der Waals surface area contributed by atoms with Crippen LogP contribution in [0.4, 0.5) is 0 Å². The van der Waals surface area contributed by atoms with E-state index in [9.17, 15) is 5.11 Å². The summed E-state index contributed by atoms with van der Waals surface area (Å²) < 4.78 is 0. The first-order chi connectivity index (χ1) is 7.06. The summed E-state index contributed by atoms with van der Waals surface area (Å²) in [4.78, 5) is 2.99. The van der Waals surface area contributed by atoms with Crippen LogP contribution < -0.4 is 5.73 Å². The second kappa shape index (κ2) is 3.25. The zero-order valence-corrected chi connectivity index (χ0v) is 8.49. The van der Waals surface area contributed by atoms with E-state index in [0.29, 0.717) is 5.56 Å². The van der Waals surface area contributed by atoms with Crippen LogP contribution in [0, 0.1) is 0 Å². The molecule has 0 radical (unpaired) electrons. The number of aliphatic hydroxyl groups is 1. The Kier molecular flexibility index (Phi) is 2.17. The number of aromatic nitrogens is 1. The van der Waals surface area contributed by atoms with E-state index < -0.39 is 5.54 Å². The van der Waals surface area contributed by atoms with Gasteiger partial charge in [0.2, 0.25) is 0 Å². The fraction of sp³-hybridized carbons (Fsp3) is 0.273. The van der Waals surface area contributed by atoms with Crippen LogP contribution in [0.3, 0.4) is 0 Å². The average Bonchev–Trinajstić information content (AvgIpc) is 2.66. The van der Waals surface area contributed by atoms with Gasteiger partial charge in [0.15, 0.2) is 0 Å². The smallest absolute Gasteiger partial charge is 0.130 e. The van der Waals surface area contributed by atoms with E-state index in [2.05, 4.69) is 4.98 Å². The molecule has 4 heteroatoms. The van der Waals surface area contributed by atoms with Gasteiger partial charge in [-0.15, -0.1) is 0 Å². The third kappa shape index (κ3) is 1.48. The summed E-state index contributed by atoms with van der Waals surface area (Å²) in [6.07, 6.45) is 1.75. The quantitative estimate of drug-likeness (QED) is 0.592. The average molecular weight is 206 g/mol. The molecule has 0 bridgehead atoms. The molecular weight excluding hydrogens is 192 g/mol. The van der Waals surface area contributed by atoms with Crippen LogP contribution in [0.15, 0.2) is 24.4 Å². The maximum absolute atomic E-state index is 9.99.